The van der Waals surface area contributed by atoms with E-state index in [4.69, 9.17) is 47.4 Å². The fourth-order valence-electron chi connectivity index (χ4n) is 8.46. The minimum atomic E-state index is -1.06. The number of amides is 1. The highest BCUT2D eigenvalue weighted by molar-refractivity contribution is 5.71. The van der Waals surface area contributed by atoms with Crippen molar-refractivity contribution in [1.29, 1.82) is 0 Å². The van der Waals surface area contributed by atoms with Crippen LogP contribution in [0.5, 0.6) is 0 Å². The fourth-order valence-corrected chi connectivity index (χ4v) is 8.46. The van der Waals surface area contributed by atoms with Gasteiger partial charge in [0.15, 0.2) is 25.0 Å². The molecule has 5 aromatic carbocycles. The van der Waals surface area contributed by atoms with Gasteiger partial charge in [-0.3, -0.25) is 4.90 Å². The minimum absolute atomic E-state index is 0.128. The molecular formula is C49H51NO11. The Labute approximate surface area is 356 Å². The average molecular weight is 830 g/mol. The first kappa shape index (κ1) is 41.4. The number of fused-ring (bicyclic) bond motifs is 2. The molecule has 4 heterocycles. The van der Waals surface area contributed by atoms with Crippen LogP contribution in [0.3, 0.4) is 0 Å². The summed E-state index contributed by atoms with van der Waals surface area (Å²) >= 11 is 0. The molecule has 9 rings (SSSR count). The van der Waals surface area contributed by atoms with E-state index in [0.29, 0.717) is 6.61 Å². The first-order chi connectivity index (χ1) is 30.1. The van der Waals surface area contributed by atoms with E-state index in [1.807, 2.05) is 152 Å². The van der Waals surface area contributed by atoms with Crippen molar-refractivity contribution < 1.29 is 52.2 Å². The molecule has 12 nitrogen and oxygen atoms in total. The van der Waals surface area contributed by atoms with Crippen LogP contribution in [0, 0.1) is 0 Å². The molecule has 4 aliphatic heterocycles. The second kappa shape index (κ2) is 19.8. The van der Waals surface area contributed by atoms with Gasteiger partial charge in [0.2, 0.25) is 0 Å². The number of hydrogen-bond donors (Lipinski definition) is 0. The molecule has 4 aliphatic rings. The van der Waals surface area contributed by atoms with Crippen LogP contribution in [0.25, 0.3) is 0 Å². The van der Waals surface area contributed by atoms with Crippen molar-refractivity contribution in [3.8, 4) is 0 Å². The largest absolute Gasteiger partial charge is 0.441 e. The van der Waals surface area contributed by atoms with Crippen molar-refractivity contribution in [1.82, 2.24) is 4.90 Å². The van der Waals surface area contributed by atoms with Gasteiger partial charge < -0.3 is 47.4 Å². The monoisotopic (exact) mass is 829 g/mol. The maximum atomic E-state index is 14.2. The second-order valence-corrected chi connectivity index (χ2v) is 15.6. The summed E-state index contributed by atoms with van der Waals surface area (Å²) in [7, 11) is 1.57. The van der Waals surface area contributed by atoms with Gasteiger partial charge in [0.1, 0.15) is 42.7 Å². The molecule has 0 bridgehead atoms. The molecule has 5 aromatic rings. The van der Waals surface area contributed by atoms with E-state index >= 15 is 0 Å². The van der Waals surface area contributed by atoms with Crippen molar-refractivity contribution in [2.75, 3.05) is 20.3 Å². The molecule has 4 fully saturated rings. The standard InChI is InChI=1S/C49H51NO11/c1-52-48-45(55-30-36-23-13-5-14-24-36)44(42-39(58-48)32-56-46(59-42)37-25-15-6-16-26-37)60-47-40-43(61-49(51)50(40)27-33-17-7-2-8-18-33)41(54-29-35-21-11-4-12-22-35)38(57-47)31-53-28-34-19-9-3-10-20-34/h2-26,38-48H,27-32H2,1H3/t38-,39-,40-,41-,42-,43-,44+,45-,46?,47+,48+/m1/s1. The van der Waals surface area contributed by atoms with E-state index in [9.17, 15) is 4.79 Å². The highest BCUT2D eigenvalue weighted by Crippen LogP contribution is 2.42. The van der Waals surface area contributed by atoms with Gasteiger partial charge in [0.25, 0.3) is 0 Å². The number of methoxy groups -OCH3 is 1. The van der Waals surface area contributed by atoms with Gasteiger partial charge in [-0.15, -0.1) is 0 Å². The van der Waals surface area contributed by atoms with E-state index in [0.717, 1.165) is 27.8 Å². The van der Waals surface area contributed by atoms with Gasteiger partial charge in [-0.1, -0.05) is 152 Å². The van der Waals surface area contributed by atoms with E-state index in [1.54, 1.807) is 12.0 Å². The van der Waals surface area contributed by atoms with Gasteiger partial charge in [-0.05, 0) is 22.3 Å². The summed E-state index contributed by atoms with van der Waals surface area (Å²) in [6, 6.07) is 48.5. The van der Waals surface area contributed by atoms with Crippen LogP contribution in [0.15, 0.2) is 152 Å². The van der Waals surface area contributed by atoms with Gasteiger partial charge in [0.05, 0.1) is 33.0 Å². The first-order valence-corrected chi connectivity index (χ1v) is 20.9. The number of rotatable bonds is 16. The molecule has 0 spiro atoms. The molecule has 1 unspecified atom stereocenters. The number of hydrogen-bond acceptors (Lipinski definition) is 11. The molecule has 4 saturated heterocycles. The predicted molar refractivity (Wildman–Crippen MR) is 221 cm³/mol. The van der Waals surface area contributed by atoms with Crippen molar-refractivity contribution in [3.05, 3.63) is 179 Å². The zero-order chi connectivity index (χ0) is 41.4. The molecule has 0 aromatic heterocycles. The van der Waals surface area contributed by atoms with Gasteiger partial charge in [-0.2, -0.15) is 0 Å². The van der Waals surface area contributed by atoms with Gasteiger partial charge >= 0.3 is 6.09 Å². The Kier molecular flexibility index (Phi) is 13.4. The Morgan fingerprint density at radius 1 is 0.590 bits per heavy atom. The van der Waals surface area contributed by atoms with Gasteiger partial charge in [-0.25, -0.2) is 4.79 Å². The lowest BCUT2D eigenvalue weighted by atomic mass is 9.94. The maximum absolute atomic E-state index is 14.2. The Bertz CT molecular complexity index is 2090. The van der Waals surface area contributed by atoms with Crippen LogP contribution < -0.4 is 0 Å². The molecule has 11 atom stereocenters. The Morgan fingerprint density at radius 3 is 1.75 bits per heavy atom. The summed E-state index contributed by atoms with van der Waals surface area (Å²) in [5.74, 6) is 0. The van der Waals surface area contributed by atoms with Crippen molar-refractivity contribution >= 4 is 6.09 Å². The number of nitrogens with zero attached hydrogens (tertiary/aromatic N) is 1. The summed E-state index contributed by atoms with van der Waals surface area (Å²) in [5, 5.41) is 0. The average Bonchev–Trinajstić information content (AvgIpc) is 3.64. The lowest BCUT2D eigenvalue weighted by molar-refractivity contribution is -0.390. The summed E-state index contributed by atoms with van der Waals surface area (Å²) in [6.07, 6.45) is -8.28. The lowest BCUT2D eigenvalue weighted by Crippen LogP contribution is -2.67. The third kappa shape index (κ3) is 9.74. The zero-order valence-corrected chi connectivity index (χ0v) is 34.0. The molecule has 0 radical (unpaired) electrons. The highest BCUT2D eigenvalue weighted by Gasteiger charge is 2.60. The smallest absolute Gasteiger partial charge is 0.411 e. The zero-order valence-electron chi connectivity index (χ0n) is 34.0. The third-order valence-corrected chi connectivity index (χ3v) is 11.5. The van der Waals surface area contributed by atoms with Crippen molar-refractivity contribution in [2.45, 2.75) is 94.0 Å². The van der Waals surface area contributed by atoms with E-state index in [2.05, 4.69) is 0 Å². The quantitative estimate of drug-likeness (QED) is 0.0995. The SMILES string of the molecule is CO[C@H]1O[C@@H]2COC(c3ccccc3)O[C@H]2[C@H](O[C@@H]2O[C@H](COCc3ccccc3)[C@@H](OCc3ccccc3)[C@@H]3OC(=O)N(Cc4ccccc4)[C@@H]23)[C@H]1OCc1ccccc1. The molecule has 1 amide bonds. The van der Waals surface area contributed by atoms with Gasteiger partial charge in [0, 0.05) is 19.2 Å². The molecule has 318 valence electrons. The van der Waals surface area contributed by atoms with Crippen molar-refractivity contribution in [3.63, 3.8) is 0 Å². The molecule has 12 heteroatoms. The van der Waals surface area contributed by atoms with Crippen LogP contribution in [-0.2, 0) is 73.7 Å². The normalized spacial score (nSPS) is 29.7. The second-order valence-electron chi connectivity index (χ2n) is 15.6. The molecule has 0 aliphatic carbocycles. The molecule has 0 N–H and O–H groups in total. The van der Waals surface area contributed by atoms with Crippen LogP contribution in [0.2, 0.25) is 0 Å². The van der Waals surface area contributed by atoms with E-state index in [1.165, 1.54) is 0 Å². The predicted octanol–water partition coefficient (Wildman–Crippen LogP) is 7.36. The number of carbonyl (C=O) groups excluding carboxylic acids is 1. The summed E-state index contributed by atoms with van der Waals surface area (Å²) in [4.78, 5) is 15.8. The van der Waals surface area contributed by atoms with Crippen LogP contribution >= 0.6 is 0 Å². The first-order valence-electron chi connectivity index (χ1n) is 20.9. The minimum Gasteiger partial charge on any atom is -0.441 e. The Hall–Kier alpha value is -4.99. The topological polar surface area (TPSA) is 113 Å². The summed E-state index contributed by atoms with van der Waals surface area (Å²) < 4.78 is 65.9. The number of carbonyl (C=O) groups is 1. The number of benzene rings is 5. The Balaban J connectivity index is 1.07. The maximum Gasteiger partial charge on any atom is 0.411 e. The third-order valence-electron chi connectivity index (χ3n) is 11.5. The fraction of sp³-hybridized carbons (Fsp3) is 0.367. The van der Waals surface area contributed by atoms with Crippen LogP contribution in [0.1, 0.15) is 34.1 Å². The highest BCUT2D eigenvalue weighted by atomic mass is 16.8. The van der Waals surface area contributed by atoms with E-state index < -0.39 is 73.7 Å². The molecule has 61 heavy (non-hydrogen) atoms. The van der Waals surface area contributed by atoms with Crippen LogP contribution in [0.4, 0.5) is 4.79 Å². The number of ether oxygens (including phenoxy) is 10. The molecular weight excluding hydrogens is 779 g/mol. The Morgan fingerprint density at radius 2 is 1.15 bits per heavy atom. The lowest BCUT2D eigenvalue weighted by Gasteiger charge is -2.51. The summed E-state index contributed by atoms with van der Waals surface area (Å²) in [6.45, 7) is 1.44. The van der Waals surface area contributed by atoms with E-state index in [-0.39, 0.29) is 33.0 Å². The van der Waals surface area contributed by atoms with Crippen molar-refractivity contribution in [2.24, 2.45) is 0 Å². The molecule has 0 saturated carbocycles. The van der Waals surface area contributed by atoms with Crippen LogP contribution in [-0.4, -0.2) is 92.7 Å². The summed E-state index contributed by atoms with van der Waals surface area (Å²) in [5.41, 5.74) is 4.70.